The van der Waals surface area contributed by atoms with Crippen molar-refractivity contribution in [2.45, 2.75) is 13.8 Å². The van der Waals surface area contributed by atoms with Gasteiger partial charge in [-0.3, -0.25) is 0 Å². The highest BCUT2D eigenvalue weighted by Crippen LogP contribution is 2.23. The average molecular weight is 454 g/mol. The Morgan fingerprint density at radius 2 is 1.53 bits per heavy atom. The number of hydrogen-bond donors (Lipinski definition) is 0. The van der Waals surface area contributed by atoms with E-state index >= 15 is 0 Å². The number of para-hydroxylation sites is 1. The first-order valence-electron chi connectivity index (χ1n) is 9.98. The molecule has 4 N–H and O–H groups in total. The van der Waals surface area contributed by atoms with Crippen LogP contribution in [0.1, 0.15) is 22.6 Å². The van der Waals surface area contributed by atoms with Crippen LogP contribution < -0.4 is 21.9 Å². The van der Waals surface area contributed by atoms with Gasteiger partial charge in [0.2, 0.25) is 11.2 Å². The molecule has 0 fully saturated rings. The molecule has 0 bridgehead atoms. The van der Waals surface area contributed by atoms with Gasteiger partial charge in [-0.1, -0.05) is 18.2 Å². The second kappa shape index (κ2) is 11.0. The number of hydrogen-bond acceptors (Lipinski definition) is 1. The highest BCUT2D eigenvalue weighted by molar-refractivity contribution is 5.81. The van der Waals surface area contributed by atoms with Crippen molar-refractivity contribution in [1.29, 1.82) is 0 Å². The van der Waals surface area contributed by atoms with E-state index in [4.69, 9.17) is 0 Å². The Balaban J connectivity index is 0.00000171. The van der Waals surface area contributed by atoms with Crippen LogP contribution in [0.15, 0.2) is 66.7 Å². The number of aryl methyl sites for hydroxylation is 2. The summed E-state index contributed by atoms with van der Waals surface area (Å²) >= 11 is 0. The van der Waals surface area contributed by atoms with E-state index in [1.54, 1.807) is 0 Å². The predicted octanol–water partition coefficient (Wildman–Crippen LogP) is 0.663. The van der Waals surface area contributed by atoms with Crippen LogP contribution in [0.5, 0.6) is 0 Å². The molecule has 0 amide bonds. The summed E-state index contributed by atoms with van der Waals surface area (Å²) < 4.78 is 4.56. The summed E-state index contributed by atoms with van der Waals surface area (Å²) in [6.07, 6.45) is 4.42. The number of pyridine rings is 1. The van der Waals surface area contributed by atoms with E-state index in [0.717, 1.165) is 0 Å². The lowest BCUT2D eigenvalue weighted by atomic mass is 10.1. The first kappa shape index (κ1) is 26.9. The maximum Gasteiger partial charge on any atom is 0.212 e. The van der Waals surface area contributed by atoms with E-state index in [1.807, 2.05) is 0 Å². The van der Waals surface area contributed by atoms with Crippen molar-refractivity contribution in [3.8, 4) is 5.69 Å². The third-order valence-corrected chi connectivity index (χ3v) is 5.63. The molecule has 2 aromatic carbocycles. The smallest absolute Gasteiger partial charge is 0.212 e. The lowest BCUT2D eigenvalue weighted by Gasteiger charge is -2.12. The van der Waals surface area contributed by atoms with Gasteiger partial charge in [0.05, 0.1) is 0 Å². The number of fused-ring (bicyclic) bond motifs is 1. The van der Waals surface area contributed by atoms with Crippen LogP contribution >= 0.6 is 0 Å². The van der Waals surface area contributed by atoms with Crippen molar-refractivity contribution in [3.05, 3.63) is 89.4 Å². The number of rotatable bonds is 4. The van der Waals surface area contributed by atoms with E-state index in [-0.39, 0.29) is 23.4 Å². The Labute approximate surface area is 196 Å². The van der Waals surface area contributed by atoms with Crippen molar-refractivity contribution in [2.75, 3.05) is 19.0 Å². The van der Waals surface area contributed by atoms with E-state index in [1.165, 1.54) is 44.9 Å². The zero-order chi connectivity index (χ0) is 20.5. The van der Waals surface area contributed by atoms with E-state index in [2.05, 4.69) is 128 Å². The minimum atomic E-state index is 0. The van der Waals surface area contributed by atoms with Gasteiger partial charge in [0, 0.05) is 60.5 Å². The summed E-state index contributed by atoms with van der Waals surface area (Å²) in [5.41, 5.74) is 8.57. The van der Waals surface area contributed by atoms with Gasteiger partial charge in [0.25, 0.3) is 0 Å². The number of anilines is 1. The first-order chi connectivity index (χ1) is 14.0. The molecular weight excluding hydrogens is 422 g/mol. The monoisotopic (exact) mass is 453 g/mol. The van der Waals surface area contributed by atoms with Gasteiger partial charge in [-0.15, -0.1) is 0 Å². The molecule has 2 aromatic heterocycles. The summed E-state index contributed by atoms with van der Waals surface area (Å²) in [5.74, 6) is 0. The fraction of sp³-hybridized carbons (Fsp3) is 0.192. The molecule has 6 heteroatoms. The van der Waals surface area contributed by atoms with Crippen molar-refractivity contribution >= 4 is 28.7 Å². The molecule has 32 heavy (non-hydrogen) atoms. The molecule has 0 radical (unpaired) electrons. The number of aromatic nitrogens is 2. The fourth-order valence-corrected chi connectivity index (χ4v) is 3.96. The lowest BCUT2D eigenvalue weighted by Crippen LogP contribution is -3.00. The molecule has 0 atom stereocenters. The van der Waals surface area contributed by atoms with Gasteiger partial charge in [-0.25, -0.2) is 0 Å². The lowest BCUT2D eigenvalue weighted by molar-refractivity contribution is -0.646. The zero-order valence-electron chi connectivity index (χ0n) is 19.2. The summed E-state index contributed by atoms with van der Waals surface area (Å²) in [4.78, 5) is 2.13. The molecule has 170 valence electrons. The second-order valence-electron chi connectivity index (χ2n) is 7.79. The Kier molecular flexibility index (Phi) is 9.21. The van der Waals surface area contributed by atoms with Gasteiger partial charge in [0.1, 0.15) is 7.05 Å². The largest absolute Gasteiger partial charge is 1.00 e. The van der Waals surface area contributed by atoms with Crippen LogP contribution in [0.2, 0.25) is 0 Å². The molecule has 4 rings (SSSR count). The van der Waals surface area contributed by atoms with Crippen LogP contribution in [-0.2, 0) is 7.05 Å². The zero-order valence-corrected chi connectivity index (χ0v) is 20.0. The van der Waals surface area contributed by atoms with Gasteiger partial charge in [0.15, 0.2) is 0 Å². The van der Waals surface area contributed by atoms with Gasteiger partial charge < -0.3 is 32.8 Å². The molecule has 2 heterocycles. The third kappa shape index (κ3) is 5.02. The van der Waals surface area contributed by atoms with Crippen molar-refractivity contribution in [1.82, 2.24) is 4.57 Å². The van der Waals surface area contributed by atoms with E-state index in [9.17, 15) is 0 Å². The molecule has 0 aliphatic rings. The Bertz CT molecular complexity index is 1210. The van der Waals surface area contributed by atoms with Gasteiger partial charge in [-0.05, 0) is 61.9 Å². The fourth-order valence-electron chi connectivity index (χ4n) is 3.96. The highest BCUT2D eigenvalue weighted by atomic mass is 35.5. The Hall–Kier alpha value is -3.12. The van der Waals surface area contributed by atoms with Gasteiger partial charge >= 0.3 is 0 Å². The highest BCUT2D eigenvalue weighted by Gasteiger charge is 2.12. The third-order valence-electron chi connectivity index (χ3n) is 5.63. The average Bonchev–Trinajstić information content (AvgIpc) is 3.01. The minimum absolute atomic E-state index is 0. The van der Waals surface area contributed by atoms with Crippen LogP contribution in [0.25, 0.3) is 28.7 Å². The Morgan fingerprint density at radius 3 is 2.19 bits per heavy atom. The van der Waals surface area contributed by atoms with Crippen LogP contribution in [0, 0.1) is 13.8 Å². The molecule has 0 unspecified atom stereocenters. The number of benzene rings is 2. The first-order valence-corrected chi connectivity index (χ1v) is 9.98. The summed E-state index contributed by atoms with van der Waals surface area (Å²) in [7, 11) is 6.28. The van der Waals surface area contributed by atoms with E-state index in [0.29, 0.717) is 0 Å². The van der Waals surface area contributed by atoms with Crippen molar-refractivity contribution < 1.29 is 27.9 Å². The maximum absolute atomic E-state index is 2.31. The topological polar surface area (TPSA) is 75.0 Å². The summed E-state index contributed by atoms with van der Waals surface area (Å²) in [6, 6.07) is 23.8. The molecule has 0 aliphatic carbocycles. The molecule has 0 saturated carbocycles. The predicted molar refractivity (Wildman–Crippen MR) is 131 cm³/mol. The molecule has 0 spiro atoms. The quantitative estimate of drug-likeness (QED) is 0.418. The molecule has 0 saturated heterocycles. The van der Waals surface area contributed by atoms with Crippen LogP contribution in [0.3, 0.4) is 0 Å². The van der Waals surface area contributed by atoms with Crippen LogP contribution in [-0.4, -0.2) is 29.6 Å². The minimum Gasteiger partial charge on any atom is -1.00 e. The SMILES string of the molecule is Cc1cc(/C=C/c2ccc3cc(N(C)C)ccc3[n+]2C)c(C)n1-c1ccccc1.O.O.[Cl-]. The van der Waals surface area contributed by atoms with E-state index < -0.39 is 0 Å². The normalized spacial score (nSPS) is 10.4. The second-order valence-corrected chi connectivity index (χ2v) is 7.79. The number of halogens is 1. The van der Waals surface area contributed by atoms with Crippen molar-refractivity contribution in [3.63, 3.8) is 0 Å². The van der Waals surface area contributed by atoms with Crippen molar-refractivity contribution in [2.24, 2.45) is 7.05 Å². The maximum atomic E-state index is 2.31. The molecular formula is C26H32ClN3O2. The molecule has 4 aromatic rings. The number of nitrogens with zero attached hydrogens (tertiary/aromatic N) is 3. The van der Waals surface area contributed by atoms with Gasteiger partial charge in [-0.2, -0.15) is 4.57 Å². The standard InChI is InChI=1S/C26H28N3.ClH.2H2O/c1-19-17-21(20(2)29(19)24-9-7-6-8-10-24)11-13-23-14-12-22-18-25(27(3)4)15-16-26(22)28(23)5;;;/h6-18H,1-5H3;1H;2*1H2/q+1;;;/p-1. The molecule has 5 nitrogen and oxygen atoms in total. The Morgan fingerprint density at radius 1 is 0.844 bits per heavy atom. The van der Waals surface area contributed by atoms with Crippen LogP contribution in [0.4, 0.5) is 5.69 Å². The summed E-state index contributed by atoms with van der Waals surface area (Å²) in [6.45, 7) is 4.35. The molecule has 0 aliphatic heterocycles. The summed E-state index contributed by atoms with van der Waals surface area (Å²) in [5, 5.41) is 1.25.